The summed E-state index contributed by atoms with van der Waals surface area (Å²) in [4.78, 5) is 3.46. The third-order valence-electron chi connectivity index (χ3n) is 1.12. The maximum Gasteiger partial charge on any atom is 0.216 e. The standard InChI is InChI=1S/C7H8FNO.2C2H6/c1-5-3-6(8)9-7(4-5)10-2;2*1-2/h3-4H,1-2H3;2*1-2H3. The second kappa shape index (κ2) is 9.96. The van der Waals surface area contributed by atoms with E-state index in [0.717, 1.165) is 5.56 Å². The number of ether oxygens (including phenoxy) is 1. The summed E-state index contributed by atoms with van der Waals surface area (Å²) in [5, 5.41) is 0. The van der Waals surface area contributed by atoms with Gasteiger partial charge in [0.05, 0.1) is 7.11 Å². The molecule has 0 aliphatic heterocycles. The minimum Gasteiger partial charge on any atom is -0.481 e. The van der Waals surface area contributed by atoms with E-state index >= 15 is 0 Å². The summed E-state index contributed by atoms with van der Waals surface area (Å²) in [5.74, 6) is -0.186. The van der Waals surface area contributed by atoms with Crippen molar-refractivity contribution in [2.45, 2.75) is 34.6 Å². The summed E-state index contributed by atoms with van der Waals surface area (Å²) < 4.78 is 17.1. The van der Waals surface area contributed by atoms with Gasteiger partial charge in [0.15, 0.2) is 0 Å². The molecular formula is C11H20FNO. The number of halogens is 1. The molecule has 82 valence electrons. The Morgan fingerprint density at radius 3 is 2.00 bits per heavy atom. The van der Waals surface area contributed by atoms with E-state index in [4.69, 9.17) is 4.74 Å². The molecule has 2 nitrogen and oxygen atoms in total. The highest BCUT2D eigenvalue weighted by Crippen LogP contribution is 2.09. The smallest absolute Gasteiger partial charge is 0.216 e. The molecule has 0 aromatic carbocycles. The first-order valence-corrected chi connectivity index (χ1v) is 4.90. The summed E-state index contributed by atoms with van der Waals surface area (Å²) in [6.45, 7) is 9.78. The highest BCUT2D eigenvalue weighted by atomic mass is 19.1. The average molecular weight is 201 g/mol. The topological polar surface area (TPSA) is 22.1 Å². The maximum atomic E-state index is 12.4. The fraction of sp³-hybridized carbons (Fsp3) is 0.545. The SMILES string of the molecule is CC.CC.COc1cc(C)cc(F)n1. The van der Waals surface area contributed by atoms with Gasteiger partial charge in [-0.2, -0.15) is 9.37 Å². The highest BCUT2D eigenvalue weighted by Gasteiger charge is 1.96. The van der Waals surface area contributed by atoms with Gasteiger partial charge in [0.2, 0.25) is 11.8 Å². The lowest BCUT2D eigenvalue weighted by Crippen LogP contribution is -1.90. The summed E-state index contributed by atoms with van der Waals surface area (Å²) in [7, 11) is 1.46. The lowest BCUT2D eigenvalue weighted by atomic mass is 10.3. The van der Waals surface area contributed by atoms with Crippen LogP contribution in [0.25, 0.3) is 0 Å². The van der Waals surface area contributed by atoms with Crippen molar-refractivity contribution in [2.75, 3.05) is 7.11 Å². The van der Waals surface area contributed by atoms with Crippen LogP contribution in [0.1, 0.15) is 33.3 Å². The molecule has 0 N–H and O–H groups in total. The molecule has 0 fully saturated rings. The van der Waals surface area contributed by atoms with Gasteiger partial charge >= 0.3 is 0 Å². The molecule has 0 bridgehead atoms. The predicted octanol–water partition coefficient (Wildman–Crippen LogP) is 3.59. The third-order valence-corrected chi connectivity index (χ3v) is 1.12. The van der Waals surface area contributed by atoms with Crippen molar-refractivity contribution in [1.29, 1.82) is 0 Å². The Morgan fingerprint density at radius 1 is 1.14 bits per heavy atom. The van der Waals surface area contributed by atoms with Crippen LogP contribution in [0.15, 0.2) is 12.1 Å². The lowest BCUT2D eigenvalue weighted by Gasteiger charge is -1.98. The number of methoxy groups -OCH3 is 1. The fourth-order valence-electron chi connectivity index (χ4n) is 0.699. The van der Waals surface area contributed by atoms with Gasteiger partial charge in [0.1, 0.15) is 0 Å². The number of aromatic nitrogens is 1. The molecular weight excluding hydrogens is 181 g/mol. The molecule has 1 aromatic rings. The van der Waals surface area contributed by atoms with Gasteiger partial charge < -0.3 is 4.74 Å². The first-order valence-electron chi connectivity index (χ1n) is 4.90. The third kappa shape index (κ3) is 6.40. The number of rotatable bonds is 1. The number of nitrogens with zero attached hydrogens (tertiary/aromatic N) is 1. The molecule has 0 unspecified atom stereocenters. The molecule has 1 heterocycles. The molecule has 0 saturated carbocycles. The van der Waals surface area contributed by atoms with E-state index in [1.54, 1.807) is 13.0 Å². The zero-order valence-corrected chi connectivity index (χ0v) is 9.89. The summed E-state index contributed by atoms with van der Waals surface area (Å²) in [6.07, 6.45) is 0. The monoisotopic (exact) mass is 201 g/mol. The Kier molecular flexibility index (Phi) is 10.9. The van der Waals surface area contributed by atoms with E-state index in [1.807, 2.05) is 27.7 Å². The van der Waals surface area contributed by atoms with Crippen LogP contribution in [-0.2, 0) is 0 Å². The largest absolute Gasteiger partial charge is 0.481 e. The number of hydrogen-bond acceptors (Lipinski definition) is 2. The molecule has 0 spiro atoms. The summed E-state index contributed by atoms with van der Waals surface area (Å²) in [5.41, 5.74) is 0.810. The normalized spacial score (nSPS) is 7.64. The van der Waals surface area contributed by atoms with E-state index in [2.05, 4.69) is 4.98 Å². The first kappa shape index (κ1) is 15.4. The van der Waals surface area contributed by atoms with Crippen LogP contribution < -0.4 is 4.74 Å². The van der Waals surface area contributed by atoms with E-state index in [9.17, 15) is 4.39 Å². The van der Waals surface area contributed by atoms with Crippen molar-refractivity contribution in [3.63, 3.8) is 0 Å². The number of hydrogen-bond donors (Lipinski definition) is 0. The zero-order valence-electron chi connectivity index (χ0n) is 9.89. The molecule has 3 heteroatoms. The van der Waals surface area contributed by atoms with E-state index in [-0.39, 0.29) is 0 Å². The van der Waals surface area contributed by atoms with Crippen molar-refractivity contribution in [3.8, 4) is 5.88 Å². The van der Waals surface area contributed by atoms with Crippen molar-refractivity contribution in [2.24, 2.45) is 0 Å². The van der Waals surface area contributed by atoms with Crippen molar-refractivity contribution >= 4 is 0 Å². The van der Waals surface area contributed by atoms with Crippen LogP contribution in [0.5, 0.6) is 5.88 Å². The molecule has 14 heavy (non-hydrogen) atoms. The molecule has 0 radical (unpaired) electrons. The molecule has 1 rings (SSSR count). The molecule has 0 amide bonds. The van der Waals surface area contributed by atoms with E-state index in [0.29, 0.717) is 5.88 Å². The summed E-state index contributed by atoms with van der Waals surface area (Å²) >= 11 is 0. The quantitative estimate of drug-likeness (QED) is 0.648. The van der Waals surface area contributed by atoms with Crippen LogP contribution in [0.4, 0.5) is 4.39 Å². The molecule has 0 aliphatic rings. The fourth-order valence-corrected chi connectivity index (χ4v) is 0.699. The highest BCUT2D eigenvalue weighted by molar-refractivity contribution is 5.19. The van der Waals surface area contributed by atoms with Crippen LogP contribution in [-0.4, -0.2) is 12.1 Å². The molecule has 0 atom stereocenters. The maximum absolute atomic E-state index is 12.4. The van der Waals surface area contributed by atoms with Gasteiger partial charge in [-0.15, -0.1) is 0 Å². The van der Waals surface area contributed by atoms with Gasteiger partial charge in [0, 0.05) is 6.07 Å². The number of pyridine rings is 1. The Morgan fingerprint density at radius 2 is 1.64 bits per heavy atom. The minimum absolute atomic E-state index is 0.317. The summed E-state index contributed by atoms with van der Waals surface area (Å²) in [6, 6.07) is 3.02. The second-order valence-corrected chi connectivity index (χ2v) is 2.01. The van der Waals surface area contributed by atoms with E-state index in [1.165, 1.54) is 13.2 Å². The van der Waals surface area contributed by atoms with Crippen molar-refractivity contribution < 1.29 is 9.13 Å². The second-order valence-electron chi connectivity index (χ2n) is 2.01. The Labute approximate surface area is 86.1 Å². The molecule has 1 aromatic heterocycles. The Bertz CT molecular complexity index is 218. The Balaban J connectivity index is 0. The number of aryl methyl sites for hydroxylation is 1. The molecule has 0 aliphatic carbocycles. The average Bonchev–Trinajstić information content (AvgIpc) is 2.22. The first-order chi connectivity index (χ1) is 6.72. The van der Waals surface area contributed by atoms with Gasteiger partial charge in [-0.3, -0.25) is 0 Å². The Hall–Kier alpha value is -1.12. The van der Waals surface area contributed by atoms with Gasteiger partial charge in [0.25, 0.3) is 0 Å². The van der Waals surface area contributed by atoms with Gasteiger partial charge in [-0.1, -0.05) is 27.7 Å². The molecule has 0 saturated heterocycles. The van der Waals surface area contributed by atoms with Crippen LogP contribution in [0.2, 0.25) is 0 Å². The predicted molar refractivity (Wildman–Crippen MR) is 58.2 cm³/mol. The van der Waals surface area contributed by atoms with Gasteiger partial charge in [-0.25, -0.2) is 0 Å². The van der Waals surface area contributed by atoms with Crippen LogP contribution in [0.3, 0.4) is 0 Å². The van der Waals surface area contributed by atoms with Crippen molar-refractivity contribution in [3.05, 3.63) is 23.6 Å². The zero-order chi connectivity index (χ0) is 11.6. The lowest BCUT2D eigenvalue weighted by molar-refractivity contribution is 0.387. The van der Waals surface area contributed by atoms with Gasteiger partial charge in [-0.05, 0) is 18.6 Å². The minimum atomic E-state index is -0.503. The van der Waals surface area contributed by atoms with Crippen LogP contribution in [0, 0.1) is 12.9 Å². The van der Waals surface area contributed by atoms with Crippen molar-refractivity contribution in [1.82, 2.24) is 4.98 Å². The van der Waals surface area contributed by atoms with E-state index < -0.39 is 5.95 Å². The van der Waals surface area contributed by atoms with Crippen LogP contribution >= 0.6 is 0 Å².